The van der Waals surface area contributed by atoms with E-state index in [1.54, 1.807) is 7.11 Å². The van der Waals surface area contributed by atoms with E-state index in [1.165, 1.54) is 0 Å². The van der Waals surface area contributed by atoms with Crippen molar-refractivity contribution in [1.82, 2.24) is 0 Å². The highest BCUT2D eigenvalue weighted by Crippen LogP contribution is 2.06. The third-order valence-electron chi connectivity index (χ3n) is 1.74. The van der Waals surface area contributed by atoms with Crippen LogP contribution >= 0.6 is 0 Å². The van der Waals surface area contributed by atoms with E-state index in [9.17, 15) is 0 Å². The van der Waals surface area contributed by atoms with Gasteiger partial charge in [-0.05, 0) is 12.8 Å². The van der Waals surface area contributed by atoms with Crippen molar-refractivity contribution in [3.63, 3.8) is 0 Å². The molecule has 0 saturated heterocycles. The van der Waals surface area contributed by atoms with Crippen LogP contribution in [-0.4, -0.2) is 13.2 Å². The van der Waals surface area contributed by atoms with E-state index in [0.29, 0.717) is 6.10 Å². The topological polar surface area (TPSA) is 9.23 Å². The zero-order chi connectivity index (χ0) is 7.94. The second-order valence-corrected chi connectivity index (χ2v) is 2.57. The third kappa shape index (κ3) is 3.19. The first kappa shape index (κ1) is 8.28. The average molecular weight is 150 g/mol. The van der Waals surface area contributed by atoms with E-state index in [1.807, 2.05) is 12.2 Å². The summed E-state index contributed by atoms with van der Waals surface area (Å²) in [6, 6.07) is 0. The molecular formula is C10H14O. The molecule has 1 aliphatic carbocycles. The maximum absolute atomic E-state index is 5.25. The molecule has 1 heteroatoms. The normalized spacial score (nSPS) is 24.3. The van der Waals surface area contributed by atoms with Crippen LogP contribution in [0.1, 0.15) is 12.8 Å². The molecule has 0 bridgehead atoms. The smallest absolute Gasteiger partial charge is 0.0640 e. The third-order valence-corrected chi connectivity index (χ3v) is 1.74. The summed E-state index contributed by atoms with van der Waals surface area (Å²) in [5, 5.41) is 0. The molecule has 11 heavy (non-hydrogen) atoms. The Morgan fingerprint density at radius 3 is 2.00 bits per heavy atom. The van der Waals surface area contributed by atoms with Gasteiger partial charge >= 0.3 is 0 Å². The van der Waals surface area contributed by atoms with Crippen molar-refractivity contribution in [2.75, 3.05) is 7.11 Å². The number of hydrogen-bond donors (Lipinski definition) is 0. The summed E-state index contributed by atoms with van der Waals surface area (Å²) in [5.74, 6) is 0. The van der Waals surface area contributed by atoms with E-state index >= 15 is 0 Å². The molecule has 0 atom stereocenters. The van der Waals surface area contributed by atoms with Gasteiger partial charge in [0.05, 0.1) is 6.10 Å². The van der Waals surface area contributed by atoms with E-state index in [-0.39, 0.29) is 0 Å². The fourth-order valence-corrected chi connectivity index (χ4v) is 1.03. The Morgan fingerprint density at radius 1 is 1.00 bits per heavy atom. The molecule has 0 aromatic rings. The van der Waals surface area contributed by atoms with Crippen molar-refractivity contribution in [1.29, 1.82) is 0 Å². The first-order valence-corrected chi connectivity index (χ1v) is 3.94. The Morgan fingerprint density at radius 2 is 1.55 bits per heavy atom. The van der Waals surface area contributed by atoms with Crippen LogP contribution in [0.3, 0.4) is 0 Å². The number of ether oxygens (including phenoxy) is 1. The molecule has 0 N–H and O–H groups in total. The van der Waals surface area contributed by atoms with Crippen molar-refractivity contribution >= 4 is 0 Å². The van der Waals surface area contributed by atoms with Gasteiger partial charge in [0, 0.05) is 7.11 Å². The molecule has 0 radical (unpaired) electrons. The lowest BCUT2D eigenvalue weighted by molar-refractivity contribution is 0.108. The van der Waals surface area contributed by atoms with Gasteiger partial charge in [-0.25, -0.2) is 0 Å². The number of rotatable bonds is 1. The Balaban J connectivity index is 2.51. The van der Waals surface area contributed by atoms with Gasteiger partial charge in [0.25, 0.3) is 0 Å². The van der Waals surface area contributed by atoms with Crippen LogP contribution in [0.15, 0.2) is 36.5 Å². The molecule has 1 nitrogen and oxygen atoms in total. The van der Waals surface area contributed by atoms with E-state index in [0.717, 1.165) is 12.8 Å². The second kappa shape index (κ2) is 4.91. The monoisotopic (exact) mass is 150 g/mol. The highest BCUT2D eigenvalue weighted by molar-refractivity contribution is 5.13. The molecule has 0 aromatic heterocycles. The lowest BCUT2D eigenvalue weighted by Crippen LogP contribution is -2.07. The summed E-state index contributed by atoms with van der Waals surface area (Å²) in [6.07, 6.45) is 14.8. The number of hydrogen-bond acceptors (Lipinski definition) is 1. The van der Waals surface area contributed by atoms with Gasteiger partial charge in [-0.3, -0.25) is 0 Å². The zero-order valence-corrected chi connectivity index (χ0v) is 6.86. The van der Waals surface area contributed by atoms with Crippen molar-refractivity contribution < 1.29 is 4.74 Å². The molecule has 60 valence electrons. The summed E-state index contributed by atoms with van der Waals surface area (Å²) in [5.41, 5.74) is 0. The first-order valence-electron chi connectivity index (χ1n) is 3.94. The van der Waals surface area contributed by atoms with Gasteiger partial charge in [-0.2, -0.15) is 0 Å². The van der Waals surface area contributed by atoms with Gasteiger partial charge in [0.2, 0.25) is 0 Å². The molecule has 0 aromatic carbocycles. The lowest BCUT2D eigenvalue weighted by Gasteiger charge is -2.09. The minimum Gasteiger partial charge on any atom is -0.381 e. The van der Waals surface area contributed by atoms with Crippen LogP contribution in [0.4, 0.5) is 0 Å². The largest absolute Gasteiger partial charge is 0.381 e. The van der Waals surface area contributed by atoms with E-state index < -0.39 is 0 Å². The van der Waals surface area contributed by atoms with Crippen molar-refractivity contribution in [3.8, 4) is 0 Å². The fraction of sp³-hybridized carbons (Fsp3) is 0.400. The maximum atomic E-state index is 5.25. The van der Waals surface area contributed by atoms with Gasteiger partial charge < -0.3 is 4.74 Å². The van der Waals surface area contributed by atoms with Gasteiger partial charge in [0.15, 0.2) is 0 Å². The minimum atomic E-state index is 0.349. The molecule has 0 heterocycles. The van der Waals surface area contributed by atoms with E-state index in [4.69, 9.17) is 4.74 Å². The van der Waals surface area contributed by atoms with Crippen LogP contribution in [0, 0.1) is 0 Å². The SMILES string of the molecule is COC1CC=CC=CC=CC1. The van der Waals surface area contributed by atoms with Crippen molar-refractivity contribution in [2.45, 2.75) is 18.9 Å². The molecule has 0 unspecified atom stereocenters. The van der Waals surface area contributed by atoms with Crippen LogP contribution in [-0.2, 0) is 4.74 Å². The molecule has 0 amide bonds. The summed E-state index contributed by atoms with van der Waals surface area (Å²) >= 11 is 0. The van der Waals surface area contributed by atoms with Crippen LogP contribution in [0.2, 0.25) is 0 Å². The molecule has 0 spiro atoms. The summed E-state index contributed by atoms with van der Waals surface area (Å²) < 4.78 is 5.25. The average Bonchev–Trinajstić information content (AvgIpc) is 2.16. The number of methoxy groups -OCH3 is 1. The molecule has 0 aliphatic heterocycles. The molecular weight excluding hydrogens is 136 g/mol. The minimum absolute atomic E-state index is 0.349. The molecule has 0 saturated carbocycles. The molecule has 1 aliphatic rings. The van der Waals surface area contributed by atoms with Crippen molar-refractivity contribution in [3.05, 3.63) is 36.5 Å². The summed E-state index contributed by atoms with van der Waals surface area (Å²) in [6.45, 7) is 0. The zero-order valence-electron chi connectivity index (χ0n) is 6.86. The van der Waals surface area contributed by atoms with Crippen molar-refractivity contribution in [2.24, 2.45) is 0 Å². The standard InChI is InChI=1S/C10H14O/c1-11-10-8-6-4-2-3-5-7-9-10/h2-7,10H,8-9H2,1H3. The Bertz CT molecular complexity index is 159. The van der Waals surface area contributed by atoms with Gasteiger partial charge in [0.1, 0.15) is 0 Å². The Hall–Kier alpha value is -0.820. The maximum Gasteiger partial charge on any atom is 0.0640 e. The molecule has 0 fully saturated rings. The Kier molecular flexibility index (Phi) is 3.70. The van der Waals surface area contributed by atoms with Crippen LogP contribution in [0.5, 0.6) is 0 Å². The predicted octanol–water partition coefficient (Wildman–Crippen LogP) is 2.46. The van der Waals surface area contributed by atoms with Gasteiger partial charge in [-0.15, -0.1) is 0 Å². The number of allylic oxidation sites excluding steroid dienone is 4. The Labute approximate surface area is 68.1 Å². The highest BCUT2D eigenvalue weighted by Gasteiger charge is 2.01. The summed E-state index contributed by atoms with van der Waals surface area (Å²) in [4.78, 5) is 0. The van der Waals surface area contributed by atoms with E-state index in [2.05, 4.69) is 24.3 Å². The predicted molar refractivity (Wildman–Crippen MR) is 47.5 cm³/mol. The summed E-state index contributed by atoms with van der Waals surface area (Å²) in [7, 11) is 1.76. The lowest BCUT2D eigenvalue weighted by atomic mass is 10.2. The quantitative estimate of drug-likeness (QED) is 0.558. The van der Waals surface area contributed by atoms with Gasteiger partial charge in [-0.1, -0.05) is 36.5 Å². The first-order chi connectivity index (χ1) is 5.43. The highest BCUT2D eigenvalue weighted by atomic mass is 16.5. The molecule has 1 rings (SSSR count). The van der Waals surface area contributed by atoms with Crippen LogP contribution in [0.25, 0.3) is 0 Å². The second-order valence-electron chi connectivity index (χ2n) is 2.57. The van der Waals surface area contributed by atoms with Crippen LogP contribution < -0.4 is 0 Å². The fourth-order valence-electron chi connectivity index (χ4n) is 1.03.